The van der Waals surface area contributed by atoms with Gasteiger partial charge in [0.15, 0.2) is 0 Å². The lowest BCUT2D eigenvalue weighted by Gasteiger charge is -2.12. The van der Waals surface area contributed by atoms with Crippen LogP contribution >= 0.6 is 12.4 Å². The summed E-state index contributed by atoms with van der Waals surface area (Å²) in [6, 6.07) is 4.12. The predicted octanol–water partition coefficient (Wildman–Crippen LogP) is 1.71. The van der Waals surface area contributed by atoms with Crippen molar-refractivity contribution in [2.24, 2.45) is 0 Å². The minimum absolute atomic E-state index is 0. The first-order valence-electron chi connectivity index (χ1n) is 6.51. The zero-order valence-corrected chi connectivity index (χ0v) is 12.5. The quantitative estimate of drug-likeness (QED) is 0.868. The van der Waals surface area contributed by atoms with Crippen molar-refractivity contribution in [1.29, 1.82) is 0 Å². The van der Waals surface area contributed by atoms with Gasteiger partial charge in [-0.2, -0.15) is 0 Å². The Morgan fingerprint density at radius 2 is 2.29 bits per heavy atom. The second-order valence-electron chi connectivity index (χ2n) is 4.87. The van der Waals surface area contributed by atoms with Crippen molar-refractivity contribution < 1.29 is 18.3 Å². The van der Waals surface area contributed by atoms with E-state index in [1.165, 1.54) is 13.2 Å². The molecular formula is C14H19ClF2N2O2. The molecule has 118 valence electrons. The topological polar surface area (TPSA) is 50.4 Å². The second kappa shape index (κ2) is 8.26. The van der Waals surface area contributed by atoms with E-state index in [-0.39, 0.29) is 50.2 Å². The molecule has 1 amide bonds. The molecule has 0 unspecified atom stereocenters. The van der Waals surface area contributed by atoms with E-state index in [4.69, 9.17) is 4.74 Å². The number of methoxy groups -OCH3 is 1. The average Bonchev–Trinajstić information content (AvgIpc) is 2.86. The summed E-state index contributed by atoms with van der Waals surface area (Å²) in [5.41, 5.74) is 1.23. The highest BCUT2D eigenvalue weighted by molar-refractivity contribution is 5.85. The van der Waals surface area contributed by atoms with Crippen LogP contribution in [-0.4, -0.2) is 31.8 Å². The fourth-order valence-corrected chi connectivity index (χ4v) is 2.21. The number of carbonyl (C=O) groups excluding carboxylic acids is 1. The van der Waals surface area contributed by atoms with E-state index in [0.29, 0.717) is 5.56 Å². The Morgan fingerprint density at radius 3 is 2.90 bits per heavy atom. The van der Waals surface area contributed by atoms with Gasteiger partial charge >= 0.3 is 0 Å². The zero-order valence-electron chi connectivity index (χ0n) is 11.7. The molecule has 1 fully saturated rings. The maximum absolute atomic E-state index is 13.4. The van der Waals surface area contributed by atoms with E-state index in [1.54, 1.807) is 12.1 Å². The van der Waals surface area contributed by atoms with Crippen LogP contribution < -0.4 is 10.6 Å². The molecule has 0 aliphatic carbocycles. The number of ether oxygens (including phenoxy) is 1. The molecule has 2 rings (SSSR count). The summed E-state index contributed by atoms with van der Waals surface area (Å²) in [5.74, 6) is -0.567. The Bertz CT molecular complexity index is 488. The average molecular weight is 321 g/mol. The van der Waals surface area contributed by atoms with Crippen LogP contribution in [0.3, 0.4) is 0 Å². The molecule has 0 spiro atoms. The van der Waals surface area contributed by atoms with Crippen LogP contribution in [0.5, 0.6) is 0 Å². The third-order valence-corrected chi connectivity index (χ3v) is 3.27. The molecule has 0 saturated carbocycles. The van der Waals surface area contributed by atoms with Gasteiger partial charge in [0.1, 0.15) is 12.0 Å². The lowest BCUT2D eigenvalue weighted by Crippen LogP contribution is -2.40. The molecule has 4 nitrogen and oxygen atoms in total. The van der Waals surface area contributed by atoms with Crippen molar-refractivity contribution in [3.63, 3.8) is 0 Å². The maximum atomic E-state index is 13.4. The highest BCUT2D eigenvalue weighted by atomic mass is 35.5. The monoisotopic (exact) mass is 320 g/mol. The summed E-state index contributed by atoms with van der Waals surface area (Å²) in [6.45, 7) is 0.679. The Morgan fingerprint density at radius 1 is 1.52 bits per heavy atom. The summed E-state index contributed by atoms with van der Waals surface area (Å²) in [7, 11) is 1.49. The standard InChI is InChI=1S/C14H18F2N2O2.ClH/c1-20-8-10-4-9(2-3-12(10)16)6-18-14(19)13-5-11(15)7-17-13;/h2-4,11,13,17H,5-8H2,1H3,(H,18,19);1H/t11-,13+;/m0./s1. The highest BCUT2D eigenvalue weighted by Crippen LogP contribution is 2.13. The van der Waals surface area contributed by atoms with Gasteiger partial charge in [-0.05, 0) is 17.7 Å². The van der Waals surface area contributed by atoms with Crippen molar-refractivity contribution in [3.05, 3.63) is 35.1 Å². The number of benzene rings is 1. The Hall–Kier alpha value is -1.24. The number of carbonyl (C=O) groups is 1. The summed E-state index contributed by atoms with van der Waals surface area (Å²) in [5, 5.41) is 5.54. The van der Waals surface area contributed by atoms with E-state index in [9.17, 15) is 13.6 Å². The van der Waals surface area contributed by atoms with Crippen LogP contribution in [0, 0.1) is 5.82 Å². The first kappa shape index (κ1) is 17.8. The molecule has 0 radical (unpaired) electrons. The minimum atomic E-state index is -0.968. The molecule has 1 heterocycles. The Balaban J connectivity index is 0.00000220. The number of rotatable bonds is 5. The van der Waals surface area contributed by atoms with Gasteiger partial charge in [-0.3, -0.25) is 4.79 Å². The summed E-state index contributed by atoms with van der Waals surface area (Å²) in [4.78, 5) is 11.8. The molecule has 1 saturated heterocycles. The van der Waals surface area contributed by atoms with Gasteiger partial charge in [0.05, 0.1) is 12.6 Å². The zero-order chi connectivity index (χ0) is 14.5. The molecule has 7 heteroatoms. The summed E-state index contributed by atoms with van der Waals surface area (Å²) in [6.07, 6.45) is -0.769. The molecular weight excluding hydrogens is 302 g/mol. The van der Waals surface area contributed by atoms with Gasteiger partial charge in [-0.25, -0.2) is 8.78 Å². The molecule has 0 aromatic heterocycles. The predicted molar refractivity (Wildman–Crippen MR) is 77.5 cm³/mol. The lowest BCUT2D eigenvalue weighted by atomic mass is 10.1. The first-order valence-corrected chi connectivity index (χ1v) is 6.51. The molecule has 2 atom stereocenters. The van der Waals surface area contributed by atoms with E-state index in [2.05, 4.69) is 10.6 Å². The van der Waals surface area contributed by atoms with E-state index < -0.39 is 12.2 Å². The summed E-state index contributed by atoms with van der Waals surface area (Å²) < 4.78 is 31.3. The van der Waals surface area contributed by atoms with Gasteiger partial charge in [0, 0.05) is 32.2 Å². The van der Waals surface area contributed by atoms with Crippen molar-refractivity contribution in [3.8, 4) is 0 Å². The van der Waals surface area contributed by atoms with Gasteiger partial charge in [0.25, 0.3) is 0 Å². The number of nitrogens with one attached hydrogen (secondary N) is 2. The van der Waals surface area contributed by atoms with Crippen molar-refractivity contribution in [2.75, 3.05) is 13.7 Å². The molecule has 1 aliphatic rings. The van der Waals surface area contributed by atoms with Crippen LogP contribution in [0.4, 0.5) is 8.78 Å². The molecule has 1 aliphatic heterocycles. The largest absolute Gasteiger partial charge is 0.380 e. The highest BCUT2D eigenvalue weighted by Gasteiger charge is 2.28. The number of amides is 1. The maximum Gasteiger partial charge on any atom is 0.237 e. The fourth-order valence-electron chi connectivity index (χ4n) is 2.21. The van der Waals surface area contributed by atoms with Crippen molar-refractivity contribution >= 4 is 18.3 Å². The first-order chi connectivity index (χ1) is 9.60. The smallest absolute Gasteiger partial charge is 0.237 e. The Labute approximate surface area is 128 Å². The van der Waals surface area contributed by atoms with E-state index in [0.717, 1.165) is 5.56 Å². The van der Waals surface area contributed by atoms with Gasteiger partial charge in [-0.15, -0.1) is 12.4 Å². The van der Waals surface area contributed by atoms with Gasteiger partial charge < -0.3 is 15.4 Å². The molecule has 2 N–H and O–H groups in total. The van der Waals surface area contributed by atoms with Crippen LogP contribution in [0.2, 0.25) is 0 Å². The normalized spacial score (nSPS) is 20.9. The van der Waals surface area contributed by atoms with Gasteiger partial charge in [-0.1, -0.05) is 6.07 Å². The SMILES string of the molecule is COCc1cc(CNC(=O)[C@H]2C[C@H](F)CN2)ccc1F.Cl. The number of alkyl halides is 1. The van der Waals surface area contributed by atoms with Crippen LogP contribution in [0.25, 0.3) is 0 Å². The minimum Gasteiger partial charge on any atom is -0.380 e. The van der Waals surface area contributed by atoms with E-state index >= 15 is 0 Å². The van der Waals surface area contributed by atoms with E-state index in [1.807, 2.05) is 0 Å². The Kier molecular flexibility index (Phi) is 7.01. The van der Waals surface area contributed by atoms with Crippen LogP contribution in [-0.2, 0) is 22.7 Å². The van der Waals surface area contributed by atoms with Crippen LogP contribution in [0.15, 0.2) is 18.2 Å². The number of hydrogen-bond acceptors (Lipinski definition) is 3. The molecule has 1 aromatic carbocycles. The third-order valence-electron chi connectivity index (χ3n) is 3.27. The van der Waals surface area contributed by atoms with Crippen LogP contribution in [0.1, 0.15) is 17.5 Å². The van der Waals surface area contributed by atoms with Gasteiger partial charge in [0.2, 0.25) is 5.91 Å². The van der Waals surface area contributed by atoms with Crippen molar-refractivity contribution in [1.82, 2.24) is 10.6 Å². The lowest BCUT2D eigenvalue weighted by molar-refractivity contribution is -0.123. The molecule has 0 bridgehead atoms. The van der Waals surface area contributed by atoms with Crippen molar-refractivity contribution in [2.45, 2.75) is 31.8 Å². The third kappa shape index (κ3) is 4.91. The number of halogens is 3. The second-order valence-corrected chi connectivity index (χ2v) is 4.87. The number of hydrogen-bond donors (Lipinski definition) is 2. The molecule has 1 aromatic rings. The molecule has 21 heavy (non-hydrogen) atoms. The summed E-state index contributed by atoms with van der Waals surface area (Å²) >= 11 is 0. The fraction of sp³-hybridized carbons (Fsp3) is 0.500.